The second kappa shape index (κ2) is 1.35. The molecule has 3 rings (SSSR count). The highest BCUT2D eigenvalue weighted by Crippen LogP contribution is 2.48. The summed E-state index contributed by atoms with van der Waals surface area (Å²) in [5.74, 6) is 1.19. The number of ketones is 1. The van der Waals surface area contributed by atoms with E-state index in [0.717, 1.165) is 6.42 Å². The Morgan fingerprint density at radius 2 is 2.20 bits per heavy atom. The molecule has 0 aromatic carbocycles. The lowest BCUT2D eigenvalue weighted by molar-refractivity contribution is -0.133. The van der Waals surface area contributed by atoms with Crippen molar-refractivity contribution in [3.63, 3.8) is 0 Å². The molecule has 1 aliphatic carbocycles. The van der Waals surface area contributed by atoms with Crippen molar-refractivity contribution < 1.29 is 9.53 Å². The van der Waals surface area contributed by atoms with E-state index in [1.54, 1.807) is 0 Å². The maximum atomic E-state index is 11.0. The van der Waals surface area contributed by atoms with Crippen molar-refractivity contribution in [3.05, 3.63) is 12.2 Å². The fourth-order valence-corrected chi connectivity index (χ4v) is 2.26. The number of ether oxygens (including phenoxy) is 1. The van der Waals surface area contributed by atoms with Crippen molar-refractivity contribution >= 4 is 5.78 Å². The van der Waals surface area contributed by atoms with Crippen LogP contribution >= 0.6 is 0 Å². The maximum absolute atomic E-state index is 11.0. The first-order valence-electron chi connectivity index (χ1n) is 3.73. The van der Waals surface area contributed by atoms with E-state index in [-0.39, 0.29) is 18.1 Å². The van der Waals surface area contributed by atoms with E-state index >= 15 is 0 Å². The van der Waals surface area contributed by atoms with Gasteiger partial charge in [-0.1, -0.05) is 12.2 Å². The van der Waals surface area contributed by atoms with E-state index in [1.807, 2.05) is 6.08 Å². The predicted molar refractivity (Wildman–Crippen MR) is 34.4 cm³/mol. The van der Waals surface area contributed by atoms with E-state index in [4.69, 9.17) is 4.74 Å². The third-order valence-corrected chi connectivity index (χ3v) is 2.85. The summed E-state index contributed by atoms with van der Waals surface area (Å²) in [4.78, 5) is 11.0. The van der Waals surface area contributed by atoms with Crippen molar-refractivity contribution in [1.29, 1.82) is 0 Å². The molecule has 10 heavy (non-hydrogen) atoms. The topological polar surface area (TPSA) is 26.3 Å². The van der Waals surface area contributed by atoms with Crippen LogP contribution in [0.3, 0.4) is 0 Å². The number of hydrogen-bond acceptors (Lipinski definition) is 2. The monoisotopic (exact) mass is 136 g/mol. The molecular formula is C8H8O2. The van der Waals surface area contributed by atoms with Gasteiger partial charge in [0.1, 0.15) is 5.78 Å². The number of Topliss-reactive ketones (excluding diaryl/α,β-unsaturated/α-hetero) is 1. The fourth-order valence-electron chi connectivity index (χ4n) is 2.26. The van der Waals surface area contributed by atoms with Crippen molar-refractivity contribution in [2.75, 3.05) is 0 Å². The molecule has 0 spiro atoms. The highest BCUT2D eigenvalue weighted by molar-refractivity contribution is 5.89. The molecule has 2 bridgehead atoms. The molecule has 2 heteroatoms. The Hall–Kier alpha value is -0.630. The summed E-state index contributed by atoms with van der Waals surface area (Å²) in [7, 11) is 0. The summed E-state index contributed by atoms with van der Waals surface area (Å²) in [6, 6.07) is 0. The lowest BCUT2D eigenvalue weighted by atomic mass is 9.67. The fraction of sp³-hybridized carbons (Fsp3) is 0.625. The van der Waals surface area contributed by atoms with E-state index in [2.05, 4.69) is 6.08 Å². The molecule has 4 atom stereocenters. The quantitative estimate of drug-likeness (QED) is 0.454. The zero-order valence-electron chi connectivity index (χ0n) is 5.49. The summed E-state index contributed by atoms with van der Waals surface area (Å²) >= 11 is 0. The minimum absolute atomic E-state index is 0.149. The summed E-state index contributed by atoms with van der Waals surface area (Å²) in [6.07, 6.45) is 5.32. The zero-order chi connectivity index (χ0) is 6.72. The third-order valence-electron chi connectivity index (χ3n) is 2.85. The van der Waals surface area contributed by atoms with Crippen LogP contribution in [0, 0.1) is 11.8 Å². The van der Waals surface area contributed by atoms with Gasteiger partial charge in [-0.25, -0.2) is 0 Å². The minimum Gasteiger partial charge on any atom is -0.366 e. The number of fused-ring (bicyclic) bond motifs is 5. The smallest absolute Gasteiger partial charge is 0.139 e. The average molecular weight is 136 g/mol. The largest absolute Gasteiger partial charge is 0.366 e. The highest BCUT2D eigenvalue weighted by Gasteiger charge is 2.56. The lowest BCUT2D eigenvalue weighted by Gasteiger charge is -2.32. The molecule has 0 amide bonds. The Balaban J connectivity index is 2.03. The van der Waals surface area contributed by atoms with Gasteiger partial charge in [-0.2, -0.15) is 0 Å². The van der Waals surface area contributed by atoms with Gasteiger partial charge in [-0.15, -0.1) is 0 Å². The molecule has 0 radical (unpaired) electrons. The van der Waals surface area contributed by atoms with Crippen LogP contribution in [0.25, 0.3) is 0 Å². The van der Waals surface area contributed by atoms with Gasteiger partial charge in [-0.3, -0.25) is 4.79 Å². The summed E-state index contributed by atoms with van der Waals surface area (Å²) in [5.41, 5.74) is 0. The van der Waals surface area contributed by atoms with E-state index in [0.29, 0.717) is 11.7 Å². The van der Waals surface area contributed by atoms with Crippen molar-refractivity contribution in [2.24, 2.45) is 11.8 Å². The number of carbonyl (C=O) groups excluding carboxylic acids is 1. The highest BCUT2D eigenvalue weighted by atomic mass is 16.5. The maximum Gasteiger partial charge on any atom is 0.139 e. The molecule has 2 fully saturated rings. The molecule has 2 aliphatic heterocycles. The van der Waals surface area contributed by atoms with Crippen LogP contribution in [0.4, 0.5) is 0 Å². The van der Waals surface area contributed by atoms with Crippen LogP contribution < -0.4 is 0 Å². The van der Waals surface area contributed by atoms with Gasteiger partial charge < -0.3 is 4.74 Å². The van der Waals surface area contributed by atoms with E-state index < -0.39 is 0 Å². The molecule has 52 valence electrons. The Morgan fingerprint density at radius 1 is 1.40 bits per heavy atom. The molecule has 1 saturated carbocycles. The van der Waals surface area contributed by atoms with Crippen molar-refractivity contribution in [3.8, 4) is 0 Å². The molecule has 0 N–H and O–H groups in total. The Labute approximate surface area is 58.9 Å². The van der Waals surface area contributed by atoms with Gasteiger partial charge in [0.15, 0.2) is 0 Å². The molecule has 2 unspecified atom stereocenters. The molecule has 0 aromatic rings. The van der Waals surface area contributed by atoms with Gasteiger partial charge in [0.2, 0.25) is 0 Å². The second-order valence-electron chi connectivity index (χ2n) is 3.31. The molecule has 2 nitrogen and oxygen atoms in total. The zero-order valence-corrected chi connectivity index (χ0v) is 5.49. The Morgan fingerprint density at radius 3 is 2.80 bits per heavy atom. The SMILES string of the molecule is O=C1C[C@H]2C3C=CC(O3)[C@@H]12. The van der Waals surface area contributed by atoms with Crippen LogP contribution in [0.1, 0.15) is 6.42 Å². The van der Waals surface area contributed by atoms with Gasteiger partial charge >= 0.3 is 0 Å². The van der Waals surface area contributed by atoms with Crippen LogP contribution in [0.15, 0.2) is 12.2 Å². The molecule has 0 aromatic heterocycles. The van der Waals surface area contributed by atoms with Crippen LogP contribution in [-0.2, 0) is 9.53 Å². The standard InChI is InChI=1S/C8H8O2/c9-5-3-4-6-1-2-7(10-6)8(4)5/h1-2,4,6-8H,3H2/t4-,6?,7?,8+/m0/s1. The number of carbonyl (C=O) groups is 1. The molecule has 3 aliphatic rings. The first-order chi connectivity index (χ1) is 4.86. The predicted octanol–water partition coefficient (Wildman–Crippen LogP) is 0.529. The molecular weight excluding hydrogens is 128 g/mol. The summed E-state index contributed by atoms with van der Waals surface area (Å²) in [6.45, 7) is 0. The van der Waals surface area contributed by atoms with Gasteiger partial charge in [0, 0.05) is 12.3 Å². The number of hydrogen-bond donors (Lipinski definition) is 0. The van der Waals surface area contributed by atoms with E-state index in [9.17, 15) is 4.79 Å². The van der Waals surface area contributed by atoms with Crippen LogP contribution in [0.5, 0.6) is 0 Å². The van der Waals surface area contributed by atoms with Crippen LogP contribution in [-0.4, -0.2) is 18.0 Å². The summed E-state index contributed by atoms with van der Waals surface area (Å²) < 4.78 is 5.50. The summed E-state index contributed by atoms with van der Waals surface area (Å²) in [5, 5.41) is 0. The third kappa shape index (κ3) is 0.372. The minimum atomic E-state index is 0.149. The van der Waals surface area contributed by atoms with Gasteiger partial charge in [0.05, 0.1) is 18.1 Å². The lowest BCUT2D eigenvalue weighted by Crippen LogP contribution is -2.42. The van der Waals surface area contributed by atoms with Crippen LogP contribution in [0.2, 0.25) is 0 Å². The number of rotatable bonds is 0. The second-order valence-corrected chi connectivity index (χ2v) is 3.31. The normalized spacial score (nSPS) is 55.0. The first kappa shape index (κ1) is 5.08. The van der Waals surface area contributed by atoms with Crippen molar-refractivity contribution in [1.82, 2.24) is 0 Å². The Kier molecular flexibility index (Phi) is 0.684. The van der Waals surface area contributed by atoms with Crippen molar-refractivity contribution in [2.45, 2.75) is 18.6 Å². The van der Waals surface area contributed by atoms with Gasteiger partial charge in [0.25, 0.3) is 0 Å². The first-order valence-corrected chi connectivity index (χ1v) is 3.73. The van der Waals surface area contributed by atoms with E-state index in [1.165, 1.54) is 0 Å². The average Bonchev–Trinajstić information content (AvgIpc) is 2.40. The molecule has 1 saturated heterocycles. The molecule has 2 heterocycles. The van der Waals surface area contributed by atoms with Gasteiger partial charge in [-0.05, 0) is 0 Å². The Bertz CT molecular complexity index is 231.